The van der Waals surface area contributed by atoms with Crippen molar-refractivity contribution in [1.29, 1.82) is 0 Å². The molecular formula is C19H20N4O3. The van der Waals surface area contributed by atoms with Crippen LogP contribution in [0.5, 0.6) is 0 Å². The number of nitrogens with one attached hydrogen (secondary N) is 2. The number of carbonyl (C=O) groups is 2. The molecule has 0 saturated heterocycles. The van der Waals surface area contributed by atoms with E-state index in [9.17, 15) is 9.59 Å². The second-order valence-corrected chi connectivity index (χ2v) is 5.98. The maximum Gasteiger partial charge on any atom is 0.274 e. The zero-order valence-electron chi connectivity index (χ0n) is 14.6. The van der Waals surface area contributed by atoms with E-state index in [2.05, 4.69) is 15.8 Å². The first-order valence-corrected chi connectivity index (χ1v) is 8.25. The van der Waals surface area contributed by atoms with E-state index in [4.69, 9.17) is 4.52 Å². The van der Waals surface area contributed by atoms with Crippen LogP contribution in [0.15, 0.2) is 59.3 Å². The molecule has 3 aromatic rings. The Labute approximate surface area is 151 Å². The minimum absolute atomic E-state index is 0.129. The molecule has 7 nitrogen and oxygen atoms in total. The lowest BCUT2D eigenvalue weighted by Crippen LogP contribution is -2.44. The number of hydrogen-bond donors (Lipinski definition) is 2. The minimum Gasteiger partial charge on any atom is -0.354 e. The molecule has 0 spiro atoms. The van der Waals surface area contributed by atoms with Crippen molar-refractivity contribution in [2.75, 3.05) is 0 Å². The molecule has 1 atom stereocenters. The van der Waals surface area contributed by atoms with Crippen LogP contribution in [0.4, 0.5) is 0 Å². The van der Waals surface area contributed by atoms with Gasteiger partial charge in [-0.3, -0.25) is 9.59 Å². The SMILES string of the molecule is CC(NC(=O)c1cc(-c2cccn2C)on1)C(=O)NCc1ccccc1. The van der Waals surface area contributed by atoms with Crippen molar-refractivity contribution in [3.8, 4) is 11.5 Å². The van der Waals surface area contributed by atoms with Gasteiger partial charge in [0.15, 0.2) is 11.5 Å². The second-order valence-electron chi connectivity index (χ2n) is 5.98. The molecule has 0 bridgehead atoms. The first kappa shape index (κ1) is 17.5. The van der Waals surface area contributed by atoms with E-state index in [1.807, 2.05) is 60.3 Å². The van der Waals surface area contributed by atoms with Crippen molar-refractivity contribution < 1.29 is 14.1 Å². The summed E-state index contributed by atoms with van der Waals surface area (Å²) in [5.74, 6) is -0.242. The summed E-state index contributed by atoms with van der Waals surface area (Å²) in [4.78, 5) is 24.4. The monoisotopic (exact) mass is 352 g/mol. The summed E-state index contributed by atoms with van der Waals surface area (Å²) < 4.78 is 7.09. The lowest BCUT2D eigenvalue weighted by atomic mass is 10.2. The number of aromatic nitrogens is 2. The molecule has 0 aliphatic heterocycles. The average molecular weight is 352 g/mol. The van der Waals surface area contributed by atoms with Gasteiger partial charge in [0.1, 0.15) is 6.04 Å². The minimum atomic E-state index is -0.693. The van der Waals surface area contributed by atoms with Crippen molar-refractivity contribution in [3.05, 3.63) is 66.0 Å². The third-order valence-corrected chi connectivity index (χ3v) is 3.99. The molecular weight excluding hydrogens is 332 g/mol. The van der Waals surface area contributed by atoms with Gasteiger partial charge in [0.25, 0.3) is 5.91 Å². The summed E-state index contributed by atoms with van der Waals surface area (Å²) >= 11 is 0. The molecule has 2 heterocycles. The van der Waals surface area contributed by atoms with Crippen LogP contribution in [0.2, 0.25) is 0 Å². The normalized spacial score (nSPS) is 11.8. The number of hydrogen-bond acceptors (Lipinski definition) is 4. The third-order valence-electron chi connectivity index (χ3n) is 3.99. The molecule has 1 unspecified atom stereocenters. The van der Waals surface area contributed by atoms with Gasteiger partial charge < -0.3 is 19.7 Å². The van der Waals surface area contributed by atoms with Crippen molar-refractivity contribution >= 4 is 11.8 Å². The zero-order chi connectivity index (χ0) is 18.5. The molecule has 0 saturated carbocycles. The highest BCUT2D eigenvalue weighted by atomic mass is 16.5. The highest BCUT2D eigenvalue weighted by Gasteiger charge is 2.20. The maximum atomic E-state index is 12.3. The predicted molar refractivity (Wildman–Crippen MR) is 96.1 cm³/mol. The lowest BCUT2D eigenvalue weighted by molar-refractivity contribution is -0.122. The van der Waals surface area contributed by atoms with Gasteiger partial charge in [-0.25, -0.2) is 0 Å². The van der Waals surface area contributed by atoms with Crippen molar-refractivity contribution in [3.63, 3.8) is 0 Å². The predicted octanol–water partition coefficient (Wildman–Crippen LogP) is 2.11. The van der Waals surface area contributed by atoms with E-state index >= 15 is 0 Å². The van der Waals surface area contributed by atoms with E-state index in [1.54, 1.807) is 13.0 Å². The van der Waals surface area contributed by atoms with Gasteiger partial charge in [0.2, 0.25) is 5.91 Å². The number of benzene rings is 1. The number of rotatable bonds is 6. The van der Waals surface area contributed by atoms with Crippen LogP contribution >= 0.6 is 0 Å². The van der Waals surface area contributed by atoms with Gasteiger partial charge in [0, 0.05) is 25.9 Å². The number of aryl methyl sites for hydroxylation is 1. The fourth-order valence-electron chi connectivity index (χ4n) is 2.49. The van der Waals surface area contributed by atoms with E-state index in [0.717, 1.165) is 11.3 Å². The standard InChI is InChI=1S/C19H20N4O3/c1-13(18(24)20-12-14-7-4-3-5-8-14)21-19(25)15-11-17(26-22-15)16-9-6-10-23(16)2/h3-11,13H,12H2,1-2H3,(H,20,24)(H,21,25). The first-order valence-electron chi connectivity index (χ1n) is 8.25. The molecule has 0 aliphatic rings. The first-order chi connectivity index (χ1) is 12.5. The summed E-state index contributed by atoms with van der Waals surface area (Å²) in [6.45, 7) is 2.03. The van der Waals surface area contributed by atoms with Crippen molar-refractivity contribution in [2.24, 2.45) is 7.05 Å². The Hall–Kier alpha value is -3.35. The molecule has 0 fully saturated rings. The molecule has 2 aromatic heterocycles. The number of carbonyl (C=O) groups excluding carboxylic acids is 2. The Kier molecular flexibility index (Phi) is 5.17. The summed E-state index contributed by atoms with van der Waals surface area (Å²) in [5, 5.41) is 9.20. The highest BCUT2D eigenvalue weighted by Crippen LogP contribution is 2.20. The Bertz CT molecular complexity index is 898. The summed E-state index contributed by atoms with van der Waals surface area (Å²) in [5.41, 5.74) is 1.93. The van der Waals surface area contributed by atoms with E-state index in [1.165, 1.54) is 0 Å². The number of amides is 2. The molecule has 7 heteroatoms. The van der Waals surface area contributed by atoms with Crippen LogP contribution in [-0.2, 0) is 18.4 Å². The average Bonchev–Trinajstić information content (AvgIpc) is 3.29. The van der Waals surface area contributed by atoms with Gasteiger partial charge in [-0.05, 0) is 24.6 Å². The maximum absolute atomic E-state index is 12.3. The van der Waals surface area contributed by atoms with Gasteiger partial charge in [-0.2, -0.15) is 0 Å². The van der Waals surface area contributed by atoms with Crippen molar-refractivity contribution in [1.82, 2.24) is 20.4 Å². The Morgan fingerprint density at radius 1 is 1.19 bits per heavy atom. The van der Waals surface area contributed by atoms with Gasteiger partial charge in [-0.1, -0.05) is 35.5 Å². The topological polar surface area (TPSA) is 89.2 Å². The van der Waals surface area contributed by atoms with Gasteiger partial charge in [0.05, 0.1) is 5.69 Å². The highest BCUT2D eigenvalue weighted by molar-refractivity contribution is 5.96. The molecule has 2 amide bonds. The van der Waals surface area contributed by atoms with E-state index < -0.39 is 11.9 Å². The quantitative estimate of drug-likeness (QED) is 0.711. The van der Waals surface area contributed by atoms with Crippen LogP contribution in [0.3, 0.4) is 0 Å². The Morgan fingerprint density at radius 2 is 1.96 bits per heavy atom. The molecule has 0 aliphatic carbocycles. The van der Waals surface area contributed by atoms with Crippen LogP contribution in [0.25, 0.3) is 11.5 Å². The third kappa shape index (κ3) is 4.00. The van der Waals surface area contributed by atoms with Gasteiger partial charge >= 0.3 is 0 Å². The Balaban J connectivity index is 1.56. The smallest absolute Gasteiger partial charge is 0.274 e. The molecule has 1 aromatic carbocycles. The van der Waals surface area contributed by atoms with Crippen LogP contribution in [0.1, 0.15) is 23.0 Å². The van der Waals surface area contributed by atoms with Crippen molar-refractivity contribution in [2.45, 2.75) is 19.5 Å². The van der Waals surface area contributed by atoms with E-state index in [0.29, 0.717) is 12.3 Å². The summed E-state index contributed by atoms with van der Waals surface area (Å²) in [7, 11) is 1.87. The van der Waals surface area contributed by atoms with Crippen LogP contribution < -0.4 is 10.6 Å². The Morgan fingerprint density at radius 3 is 2.65 bits per heavy atom. The molecule has 3 rings (SSSR count). The van der Waals surface area contributed by atoms with Crippen LogP contribution in [0, 0.1) is 0 Å². The van der Waals surface area contributed by atoms with Gasteiger partial charge in [-0.15, -0.1) is 0 Å². The fourth-order valence-corrected chi connectivity index (χ4v) is 2.49. The lowest BCUT2D eigenvalue weighted by Gasteiger charge is -2.13. The number of nitrogens with zero attached hydrogens (tertiary/aromatic N) is 2. The summed E-state index contributed by atoms with van der Waals surface area (Å²) in [6.07, 6.45) is 1.87. The zero-order valence-corrected chi connectivity index (χ0v) is 14.6. The molecule has 134 valence electrons. The van der Waals surface area contributed by atoms with Crippen LogP contribution in [-0.4, -0.2) is 27.6 Å². The molecule has 2 N–H and O–H groups in total. The molecule has 26 heavy (non-hydrogen) atoms. The second kappa shape index (κ2) is 7.69. The summed E-state index contributed by atoms with van der Waals surface area (Å²) in [6, 6.07) is 14.2. The largest absolute Gasteiger partial charge is 0.354 e. The van der Waals surface area contributed by atoms with E-state index in [-0.39, 0.29) is 11.6 Å². The fraction of sp³-hybridized carbons (Fsp3) is 0.211. The molecule has 0 radical (unpaired) electrons.